The molecular formula is C13H20NO6+. The van der Waals surface area contributed by atoms with Gasteiger partial charge in [-0.1, -0.05) is 12.2 Å². The SMILES string of the molecule is C[N+](C)(C)CC(CC(=O)O)OC(=O)/C=C/C=C/C(=O)O. The van der Waals surface area contributed by atoms with Crippen molar-refractivity contribution in [2.45, 2.75) is 12.5 Å². The first-order valence-corrected chi connectivity index (χ1v) is 5.90. The van der Waals surface area contributed by atoms with E-state index in [1.54, 1.807) is 0 Å². The number of rotatable bonds is 8. The number of carbonyl (C=O) groups is 3. The number of carbonyl (C=O) groups excluding carboxylic acids is 1. The molecule has 1 unspecified atom stereocenters. The lowest BCUT2D eigenvalue weighted by Crippen LogP contribution is -2.43. The van der Waals surface area contributed by atoms with E-state index in [4.69, 9.17) is 14.9 Å². The molecule has 20 heavy (non-hydrogen) atoms. The van der Waals surface area contributed by atoms with Gasteiger partial charge in [-0.3, -0.25) is 4.79 Å². The third-order valence-electron chi connectivity index (χ3n) is 2.02. The third kappa shape index (κ3) is 11.0. The number of quaternary nitrogens is 1. The number of esters is 1. The Balaban J connectivity index is 4.53. The van der Waals surface area contributed by atoms with E-state index >= 15 is 0 Å². The summed E-state index contributed by atoms with van der Waals surface area (Å²) in [5.74, 6) is -2.89. The van der Waals surface area contributed by atoms with Crippen molar-refractivity contribution in [3.8, 4) is 0 Å². The molecule has 0 bridgehead atoms. The highest BCUT2D eigenvalue weighted by molar-refractivity contribution is 5.84. The van der Waals surface area contributed by atoms with Gasteiger partial charge in [-0.2, -0.15) is 0 Å². The van der Waals surface area contributed by atoms with E-state index in [2.05, 4.69) is 0 Å². The van der Waals surface area contributed by atoms with E-state index in [0.29, 0.717) is 11.0 Å². The van der Waals surface area contributed by atoms with E-state index in [-0.39, 0.29) is 6.42 Å². The fraction of sp³-hybridized carbons (Fsp3) is 0.462. The number of likely N-dealkylation sites (N-methyl/N-ethyl adjacent to an activating group) is 1. The number of ether oxygens (including phenoxy) is 1. The monoisotopic (exact) mass is 286 g/mol. The molecule has 0 saturated heterocycles. The van der Waals surface area contributed by atoms with Crippen LogP contribution in [0, 0.1) is 0 Å². The van der Waals surface area contributed by atoms with E-state index in [0.717, 1.165) is 12.2 Å². The zero-order valence-corrected chi connectivity index (χ0v) is 11.8. The summed E-state index contributed by atoms with van der Waals surface area (Å²) in [5.41, 5.74) is 0. The van der Waals surface area contributed by atoms with Gasteiger partial charge in [0.15, 0.2) is 6.10 Å². The van der Waals surface area contributed by atoms with Gasteiger partial charge in [0.2, 0.25) is 0 Å². The molecule has 0 aliphatic rings. The molecule has 0 aliphatic heterocycles. The van der Waals surface area contributed by atoms with Gasteiger partial charge < -0.3 is 19.4 Å². The highest BCUT2D eigenvalue weighted by atomic mass is 16.5. The predicted molar refractivity (Wildman–Crippen MR) is 70.9 cm³/mol. The molecule has 0 aromatic carbocycles. The molecule has 0 aliphatic carbocycles. The molecule has 0 heterocycles. The largest absolute Gasteiger partial charge is 0.481 e. The first-order valence-electron chi connectivity index (χ1n) is 5.90. The summed E-state index contributed by atoms with van der Waals surface area (Å²) >= 11 is 0. The normalized spacial score (nSPS) is 13.6. The summed E-state index contributed by atoms with van der Waals surface area (Å²) in [6.07, 6.45) is 3.29. The van der Waals surface area contributed by atoms with Gasteiger partial charge >= 0.3 is 17.9 Å². The van der Waals surface area contributed by atoms with Crippen LogP contribution in [0.25, 0.3) is 0 Å². The Morgan fingerprint density at radius 3 is 2.10 bits per heavy atom. The molecule has 7 nitrogen and oxygen atoms in total. The summed E-state index contributed by atoms with van der Waals surface area (Å²) in [7, 11) is 5.57. The van der Waals surface area contributed by atoms with Gasteiger partial charge in [0, 0.05) is 12.2 Å². The molecule has 0 saturated carbocycles. The minimum absolute atomic E-state index is 0.278. The summed E-state index contributed by atoms with van der Waals surface area (Å²) in [6.45, 7) is 0.358. The maximum absolute atomic E-state index is 11.5. The van der Waals surface area contributed by atoms with Gasteiger partial charge in [-0.05, 0) is 0 Å². The molecule has 112 valence electrons. The maximum Gasteiger partial charge on any atom is 0.331 e. The number of hydrogen-bond donors (Lipinski definition) is 2. The van der Waals surface area contributed by atoms with Gasteiger partial charge in [-0.15, -0.1) is 0 Å². The van der Waals surface area contributed by atoms with Crippen molar-refractivity contribution < 1.29 is 33.8 Å². The number of nitrogens with zero attached hydrogens (tertiary/aromatic N) is 1. The Kier molecular flexibility index (Phi) is 7.24. The molecule has 0 amide bonds. The molecular weight excluding hydrogens is 266 g/mol. The highest BCUT2D eigenvalue weighted by Crippen LogP contribution is 2.05. The molecule has 7 heteroatoms. The van der Waals surface area contributed by atoms with Crippen LogP contribution in [0.4, 0.5) is 0 Å². The van der Waals surface area contributed by atoms with Crippen LogP contribution >= 0.6 is 0 Å². The molecule has 0 radical (unpaired) electrons. The zero-order chi connectivity index (χ0) is 15.8. The first-order chi connectivity index (χ1) is 9.10. The Morgan fingerprint density at radius 1 is 1.10 bits per heavy atom. The second kappa shape index (κ2) is 8.11. The molecule has 0 aromatic heterocycles. The van der Waals surface area contributed by atoms with Crippen LogP contribution in [-0.4, -0.2) is 66.4 Å². The van der Waals surface area contributed by atoms with Crippen molar-refractivity contribution in [3.63, 3.8) is 0 Å². The van der Waals surface area contributed by atoms with E-state index in [1.165, 1.54) is 12.2 Å². The number of allylic oxidation sites excluding steroid dienone is 2. The number of hydrogen-bond acceptors (Lipinski definition) is 4. The average molecular weight is 286 g/mol. The number of carboxylic acid groups (broad SMARTS) is 2. The van der Waals surface area contributed by atoms with Crippen molar-refractivity contribution in [2.75, 3.05) is 27.7 Å². The number of aliphatic carboxylic acids is 2. The van der Waals surface area contributed by atoms with Crippen LogP contribution in [0.5, 0.6) is 0 Å². The molecule has 0 fully saturated rings. The maximum atomic E-state index is 11.5. The summed E-state index contributed by atoms with van der Waals surface area (Å²) < 4.78 is 5.49. The Bertz CT molecular complexity index is 419. The predicted octanol–water partition coefficient (Wildman–Crippen LogP) is 0.276. The second-order valence-electron chi connectivity index (χ2n) is 5.19. The third-order valence-corrected chi connectivity index (χ3v) is 2.02. The zero-order valence-electron chi connectivity index (χ0n) is 11.8. The van der Waals surface area contributed by atoms with Crippen LogP contribution in [-0.2, 0) is 19.1 Å². The average Bonchev–Trinajstić information content (AvgIpc) is 2.20. The molecule has 2 N–H and O–H groups in total. The molecule has 0 rings (SSSR count). The van der Waals surface area contributed by atoms with E-state index in [1.807, 2.05) is 21.1 Å². The second-order valence-corrected chi connectivity index (χ2v) is 5.19. The van der Waals surface area contributed by atoms with Crippen LogP contribution in [0.3, 0.4) is 0 Å². The fourth-order valence-electron chi connectivity index (χ4n) is 1.42. The summed E-state index contributed by atoms with van der Waals surface area (Å²) in [4.78, 5) is 32.4. The highest BCUT2D eigenvalue weighted by Gasteiger charge is 2.23. The minimum atomic E-state index is -1.13. The smallest absolute Gasteiger partial charge is 0.331 e. The number of carboxylic acids is 2. The lowest BCUT2D eigenvalue weighted by atomic mass is 10.2. The molecule has 0 aromatic rings. The topological polar surface area (TPSA) is 101 Å². The van der Waals surface area contributed by atoms with Gasteiger partial charge in [0.05, 0.1) is 27.6 Å². The van der Waals surface area contributed by atoms with Crippen molar-refractivity contribution in [2.24, 2.45) is 0 Å². The first kappa shape index (κ1) is 17.8. The van der Waals surface area contributed by atoms with Crippen molar-refractivity contribution >= 4 is 17.9 Å². The van der Waals surface area contributed by atoms with Crippen LogP contribution in [0.1, 0.15) is 6.42 Å². The van der Waals surface area contributed by atoms with Crippen molar-refractivity contribution in [3.05, 3.63) is 24.3 Å². The quantitative estimate of drug-likeness (QED) is 0.287. The fourth-order valence-corrected chi connectivity index (χ4v) is 1.42. The molecule has 1 atom stereocenters. The minimum Gasteiger partial charge on any atom is -0.481 e. The lowest BCUT2D eigenvalue weighted by Gasteiger charge is -2.28. The van der Waals surface area contributed by atoms with Gasteiger partial charge in [0.25, 0.3) is 0 Å². The van der Waals surface area contributed by atoms with Crippen LogP contribution < -0.4 is 0 Å². The lowest BCUT2D eigenvalue weighted by molar-refractivity contribution is -0.873. The van der Waals surface area contributed by atoms with Gasteiger partial charge in [-0.25, -0.2) is 9.59 Å². The Morgan fingerprint density at radius 2 is 1.65 bits per heavy atom. The van der Waals surface area contributed by atoms with Crippen LogP contribution in [0.2, 0.25) is 0 Å². The van der Waals surface area contributed by atoms with Crippen LogP contribution in [0.15, 0.2) is 24.3 Å². The summed E-state index contributed by atoms with van der Waals surface area (Å²) in [5, 5.41) is 17.1. The van der Waals surface area contributed by atoms with E-state index in [9.17, 15) is 14.4 Å². The molecule has 0 spiro atoms. The van der Waals surface area contributed by atoms with Crippen molar-refractivity contribution in [1.82, 2.24) is 0 Å². The Hall–Kier alpha value is -2.15. The summed E-state index contributed by atoms with van der Waals surface area (Å²) in [6, 6.07) is 0. The Labute approximate surface area is 117 Å². The standard InChI is InChI=1S/C13H19NO6/c1-14(2,3)9-10(8-12(17)18)20-13(19)7-5-4-6-11(15)16/h4-7,10H,8-9H2,1-3H3,(H-,15,16,17,18)/p+1/b6-4+,7-5+. The van der Waals surface area contributed by atoms with Gasteiger partial charge in [0.1, 0.15) is 6.54 Å². The van der Waals surface area contributed by atoms with E-state index < -0.39 is 24.0 Å². The van der Waals surface area contributed by atoms with Crippen molar-refractivity contribution in [1.29, 1.82) is 0 Å².